The van der Waals surface area contributed by atoms with Crippen LogP contribution in [0.1, 0.15) is 21.5 Å². The third-order valence-corrected chi connectivity index (χ3v) is 3.75. The third-order valence-electron chi connectivity index (χ3n) is 3.15. The van der Waals surface area contributed by atoms with E-state index in [2.05, 4.69) is 5.32 Å². The summed E-state index contributed by atoms with van der Waals surface area (Å²) < 4.78 is 13.6. The number of hydrogen-bond acceptors (Lipinski definition) is 2. The summed E-state index contributed by atoms with van der Waals surface area (Å²) in [5, 5.41) is 2.74. The summed E-state index contributed by atoms with van der Waals surface area (Å²) in [4.78, 5) is 14.4. The fourth-order valence-corrected chi connectivity index (χ4v) is 2.76. The van der Waals surface area contributed by atoms with E-state index in [-0.39, 0.29) is 15.6 Å². The second-order valence-electron chi connectivity index (χ2n) is 5.65. The quantitative estimate of drug-likeness (QED) is 0.803. The maximum absolute atomic E-state index is 13.6. The van der Waals surface area contributed by atoms with Gasteiger partial charge in [0.15, 0.2) is 0 Å². The summed E-state index contributed by atoms with van der Waals surface area (Å²) >= 11 is 11.6. The molecule has 0 bridgehead atoms. The number of benzene rings is 2. The Balaban J connectivity index is 2.27. The Morgan fingerprint density at radius 2 is 1.83 bits per heavy atom. The van der Waals surface area contributed by atoms with Crippen LogP contribution in [0.5, 0.6) is 0 Å². The molecule has 2 aromatic carbocycles. The Morgan fingerprint density at radius 1 is 1.13 bits per heavy atom. The maximum Gasteiger partial charge on any atom is 0.257 e. The van der Waals surface area contributed by atoms with Crippen molar-refractivity contribution in [3.8, 4) is 0 Å². The predicted molar refractivity (Wildman–Crippen MR) is 92.9 cm³/mol. The minimum absolute atomic E-state index is 0.0456. The van der Waals surface area contributed by atoms with E-state index in [9.17, 15) is 9.18 Å². The second-order valence-corrected chi connectivity index (χ2v) is 6.46. The molecule has 0 fully saturated rings. The fraction of sp³-hybridized carbons (Fsp3) is 0.235. The molecule has 122 valence electrons. The average molecular weight is 355 g/mol. The topological polar surface area (TPSA) is 32.3 Å². The molecule has 1 amide bonds. The summed E-state index contributed by atoms with van der Waals surface area (Å²) in [6.45, 7) is 2.70. The number of nitrogens with one attached hydrogen (secondary N) is 1. The lowest BCUT2D eigenvalue weighted by Crippen LogP contribution is -2.14. The average Bonchev–Trinajstić information content (AvgIpc) is 2.41. The molecule has 0 spiro atoms. The van der Waals surface area contributed by atoms with Gasteiger partial charge < -0.3 is 10.2 Å². The third kappa shape index (κ3) is 4.67. The number of halogens is 3. The van der Waals surface area contributed by atoms with E-state index in [1.54, 1.807) is 0 Å². The zero-order valence-corrected chi connectivity index (χ0v) is 14.6. The van der Waals surface area contributed by atoms with E-state index in [1.165, 1.54) is 6.07 Å². The van der Waals surface area contributed by atoms with Crippen molar-refractivity contribution in [2.75, 3.05) is 19.4 Å². The van der Waals surface area contributed by atoms with Crippen molar-refractivity contribution in [2.45, 2.75) is 13.5 Å². The lowest BCUT2D eigenvalue weighted by atomic mass is 10.1. The number of hydrogen-bond donors (Lipinski definition) is 1. The van der Waals surface area contributed by atoms with Gasteiger partial charge in [-0.2, -0.15) is 0 Å². The van der Waals surface area contributed by atoms with Crippen LogP contribution < -0.4 is 5.32 Å². The zero-order chi connectivity index (χ0) is 17.1. The van der Waals surface area contributed by atoms with Crippen LogP contribution >= 0.6 is 23.2 Å². The monoisotopic (exact) mass is 354 g/mol. The molecule has 0 aromatic heterocycles. The van der Waals surface area contributed by atoms with Crippen LogP contribution in [-0.4, -0.2) is 24.9 Å². The summed E-state index contributed by atoms with van der Waals surface area (Å²) in [5.41, 5.74) is 2.77. The molecule has 1 N–H and O–H groups in total. The number of rotatable bonds is 4. The van der Waals surface area contributed by atoms with E-state index in [0.29, 0.717) is 5.69 Å². The number of carbonyl (C=O) groups is 1. The fourth-order valence-electron chi connectivity index (χ4n) is 2.29. The first-order valence-corrected chi connectivity index (χ1v) is 7.73. The number of carbonyl (C=O) groups excluding carboxylic acids is 1. The van der Waals surface area contributed by atoms with Gasteiger partial charge in [0.2, 0.25) is 0 Å². The Labute approximate surface area is 145 Å². The Bertz CT molecular complexity index is 748. The Hall–Kier alpha value is -1.62. The van der Waals surface area contributed by atoms with Gasteiger partial charge in [0.25, 0.3) is 5.91 Å². The van der Waals surface area contributed by atoms with Crippen molar-refractivity contribution in [2.24, 2.45) is 0 Å². The largest absolute Gasteiger partial charge is 0.322 e. The van der Waals surface area contributed by atoms with Crippen LogP contribution in [0, 0.1) is 12.7 Å². The predicted octanol–water partition coefficient (Wildman–Crippen LogP) is 4.75. The maximum atomic E-state index is 13.6. The van der Waals surface area contributed by atoms with Gasteiger partial charge in [-0.1, -0.05) is 29.3 Å². The number of anilines is 1. The van der Waals surface area contributed by atoms with E-state index in [0.717, 1.165) is 23.7 Å². The standard InChI is InChI=1S/C17H17Cl2FN2O/c1-10-4-11(9-22(2)3)6-12(5-10)21-17(23)13-7-16(20)15(19)8-14(13)18/h4-8H,9H2,1-3H3,(H,21,23). The van der Waals surface area contributed by atoms with Crippen LogP contribution in [0.3, 0.4) is 0 Å². The molecule has 0 unspecified atom stereocenters. The summed E-state index contributed by atoms with van der Waals surface area (Å²) in [5.74, 6) is -1.16. The molecule has 2 rings (SSSR count). The Morgan fingerprint density at radius 3 is 2.48 bits per heavy atom. The van der Waals surface area contributed by atoms with Crippen LogP contribution in [0.2, 0.25) is 10.0 Å². The molecule has 2 aromatic rings. The minimum atomic E-state index is -0.682. The normalized spacial score (nSPS) is 10.9. The van der Waals surface area contributed by atoms with E-state index in [4.69, 9.17) is 23.2 Å². The lowest BCUT2D eigenvalue weighted by molar-refractivity contribution is 0.102. The first-order chi connectivity index (χ1) is 10.8. The van der Waals surface area contributed by atoms with E-state index in [1.807, 2.05) is 44.1 Å². The highest BCUT2D eigenvalue weighted by molar-refractivity contribution is 6.37. The van der Waals surface area contributed by atoms with Crippen molar-refractivity contribution in [3.63, 3.8) is 0 Å². The van der Waals surface area contributed by atoms with Gasteiger partial charge in [-0.15, -0.1) is 0 Å². The van der Waals surface area contributed by atoms with Gasteiger partial charge in [-0.25, -0.2) is 4.39 Å². The smallest absolute Gasteiger partial charge is 0.257 e. The molecular weight excluding hydrogens is 338 g/mol. The van der Waals surface area contributed by atoms with Gasteiger partial charge in [-0.3, -0.25) is 4.79 Å². The van der Waals surface area contributed by atoms with Crippen LogP contribution in [0.4, 0.5) is 10.1 Å². The van der Waals surface area contributed by atoms with Crippen molar-refractivity contribution >= 4 is 34.8 Å². The van der Waals surface area contributed by atoms with Crippen molar-refractivity contribution in [1.29, 1.82) is 0 Å². The molecule has 23 heavy (non-hydrogen) atoms. The molecule has 0 aliphatic carbocycles. The second kappa shape index (κ2) is 7.30. The molecule has 0 aliphatic heterocycles. The van der Waals surface area contributed by atoms with Crippen molar-refractivity contribution < 1.29 is 9.18 Å². The zero-order valence-electron chi connectivity index (χ0n) is 13.1. The van der Waals surface area contributed by atoms with E-state index >= 15 is 0 Å². The van der Waals surface area contributed by atoms with Gasteiger partial charge in [0.05, 0.1) is 15.6 Å². The van der Waals surface area contributed by atoms with Gasteiger partial charge in [0.1, 0.15) is 5.82 Å². The van der Waals surface area contributed by atoms with Gasteiger partial charge in [0, 0.05) is 12.2 Å². The highest BCUT2D eigenvalue weighted by Gasteiger charge is 2.15. The SMILES string of the molecule is Cc1cc(CN(C)C)cc(NC(=O)c2cc(F)c(Cl)cc2Cl)c1. The molecule has 0 saturated carbocycles. The van der Waals surface area contributed by atoms with Crippen molar-refractivity contribution in [1.82, 2.24) is 4.90 Å². The van der Waals surface area contributed by atoms with Crippen LogP contribution in [0.15, 0.2) is 30.3 Å². The van der Waals surface area contributed by atoms with E-state index < -0.39 is 11.7 Å². The van der Waals surface area contributed by atoms with Crippen LogP contribution in [-0.2, 0) is 6.54 Å². The first-order valence-electron chi connectivity index (χ1n) is 6.97. The molecule has 0 aliphatic rings. The summed E-state index contributed by atoms with van der Waals surface area (Å²) in [6, 6.07) is 8.03. The van der Waals surface area contributed by atoms with Crippen molar-refractivity contribution in [3.05, 3.63) is 62.9 Å². The number of nitrogens with zero attached hydrogens (tertiary/aromatic N) is 1. The highest BCUT2D eigenvalue weighted by Crippen LogP contribution is 2.25. The molecule has 6 heteroatoms. The molecular formula is C17H17Cl2FN2O. The molecule has 0 atom stereocenters. The number of amides is 1. The molecule has 0 radical (unpaired) electrons. The Kier molecular flexibility index (Phi) is 5.63. The number of aryl methyl sites for hydroxylation is 1. The minimum Gasteiger partial charge on any atom is -0.322 e. The molecule has 3 nitrogen and oxygen atoms in total. The first kappa shape index (κ1) is 17.7. The molecule has 0 saturated heterocycles. The summed E-state index contributed by atoms with van der Waals surface area (Å²) in [7, 11) is 3.94. The molecule has 0 heterocycles. The lowest BCUT2D eigenvalue weighted by Gasteiger charge is -2.13. The van der Waals surface area contributed by atoms with Crippen LogP contribution in [0.25, 0.3) is 0 Å². The van der Waals surface area contributed by atoms with Gasteiger partial charge >= 0.3 is 0 Å². The summed E-state index contributed by atoms with van der Waals surface area (Å²) in [6.07, 6.45) is 0. The van der Waals surface area contributed by atoms with Gasteiger partial charge in [-0.05, 0) is 56.4 Å². The highest BCUT2D eigenvalue weighted by atomic mass is 35.5.